The van der Waals surface area contributed by atoms with E-state index in [-0.39, 0.29) is 24.1 Å². The molecule has 3 aliphatic heterocycles. The minimum atomic E-state index is -0.424. The van der Waals surface area contributed by atoms with Gasteiger partial charge in [0.05, 0.1) is 61.7 Å². The fourth-order valence-electron chi connectivity index (χ4n) is 8.52. The topological polar surface area (TPSA) is 90.2 Å². The van der Waals surface area contributed by atoms with E-state index in [9.17, 15) is 9.59 Å². The SMILES string of the molecule is CCCC1OC1CCCCCCCCCCCCCOC(=O)C1CC2OC2CC1C(=O)OCCCCCCCCCCCCCC1OC1CCC. The predicted molar refractivity (Wildman–Crippen MR) is 205 cm³/mol. The molecule has 4 aliphatic rings. The van der Waals surface area contributed by atoms with Crippen molar-refractivity contribution in [1.82, 2.24) is 0 Å². The molecule has 8 unspecified atom stereocenters. The monoisotopic (exact) mass is 719 g/mol. The van der Waals surface area contributed by atoms with E-state index < -0.39 is 11.8 Å². The molecule has 0 aromatic carbocycles. The fraction of sp³-hybridized carbons (Fsp3) is 0.955. The Morgan fingerprint density at radius 1 is 0.412 bits per heavy atom. The number of carbonyl (C=O) groups excluding carboxylic acids is 2. The largest absolute Gasteiger partial charge is 0.465 e. The van der Waals surface area contributed by atoms with Crippen molar-refractivity contribution in [2.24, 2.45) is 11.8 Å². The highest BCUT2D eigenvalue weighted by atomic mass is 16.6. The van der Waals surface area contributed by atoms with E-state index in [0.29, 0.717) is 50.5 Å². The van der Waals surface area contributed by atoms with Gasteiger partial charge in [-0.25, -0.2) is 0 Å². The lowest BCUT2D eigenvalue weighted by Crippen LogP contribution is -2.37. The van der Waals surface area contributed by atoms with Crippen LogP contribution in [0.1, 0.15) is 206 Å². The van der Waals surface area contributed by atoms with Gasteiger partial charge in [-0.2, -0.15) is 0 Å². The molecule has 0 spiro atoms. The lowest BCUT2D eigenvalue weighted by atomic mass is 9.79. The van der Waals surface area contributed by atoms with Crippen molar-refractivity contribution in [2.75, 3.05) is 13.2 Å². The molecule has 0 amide bonds. The molecule has 3 heterocycles. The van der Waals surface area contributed by atoms with Crippen LogP contribution >= 0.6 is 0 Å². The van der Waals surface area contributed by atoms with E-state index in [2.05, 4.69) is 13.8 Å². The van der Waals surface area contributed by atoms with Crippen LogP contribution in [-0.2, 0) is 33.3 Å². The minimum Gasteiger partial charge on any atom is -0.465 e. The molecule has 0 bridgehead atoms. The first-order chi connectivity index (χ1) is 25.1. The van der Waals surface area contributed by atoms with Gasteiger partial charge in [0.15, 0.2) is 0 Å². The minimum absolute atomic E-state index is 0.114. The maximum absolute atomic E-state index is 13.0. The molecule has 51 heavy (non-hydrogen) atoms. The van der Waals surface area contributed by atoms with Crippen LogP contribution in [0.25, 0.3) is 0 Å². The second-order valence-electron chi connectivity index (χ2n) is 16.6. The number of esters is 2. The molecule has 7 nitrogen and oxygen atoms in total. The van der Waals surface area contributed by atoms with Crippen LogP contribution in [0.3, 0.4) is 0 Å². The van der Waals surface area contributed by atoms with E-state index >= 15 is 0 Å². The molecule has 0 N–H and O–H groups in total. The average Bonchev–Trinajstić information content (AvgIpc) is 4.05. The zero-order valence-electron chi connectivity index (χ0n) is 33.1. The molecule has 0 radical (unpaired) electrons. The highest BCUT2D eigenvalue weighted by molar-refractivity contribution is 5.82. The molecule has 7 heteroatoms. The summed E-state index contributed by atoms with van der Waals surface area (Å²) in [6.45, 7) is 5.38. The molecule has 1 saturated carbocycles. The van der Waals surface area contributed by atoms with Crippen molar-refractivity contribution in [3.8, 4) is 0 Å². The van der Waals surface area contributed by atoms with Gasteiger partial charge in [-0.15, -0.1) is 0 Å². The van der Waals surface area contributed by atoms with Crippen LogP contribution in [0.4, 0.5) is 0 Å². The lowest BCUT2D eigenvalue weighted by molar-refractivity contribution is -0.162. The number of rotatable bonds is 34. The number of unbranched alkanes of at least 4 members (excludes halogenated alkanes) is 20. The summed E-state index contributed by atoms with van der Waals surface area (Å²) in [4.78, 5) is 26.0. The number of hydrogen-bond donors (Lipinski definition) is 0. The van der Waals surface area contributed by atoms with Gasteiger partial charge in [0, 0.05) is 0 Å². The smallest absolute Gasteiger partial charge is 0.309 e. The summed E-state index contributed by atoms with van der Waals surface area (Å²) >= 11 is 0. The van der Waals surface area contributed by atoms with Crippen LogP contribution in [-0.4, -0.2) is 61.8 Å². The van der Waals surface area contributed by atoms with Gasteiger partial charge in [-0.3, -0.25) is 9.59 Å². The Labute approximate surface area is 312 Å². The van der Waals surface area contributed by atoms with E-state index in [1.54, 1.807) is 0 Å². The molecule has 0 aromatic rings. The predicted octanol–water partition coefficient (Wildman–Crippen LogP) is 11.4. The van der Waals surface area contributed by atoms with Crippen molar-refractivity contribution in [3.63, 3.8) is 0 Å². The Kier molecular flexibility index (Phi) is 21.5. The number of ether oxygens (including phenoxy) is 5. The summed E-state index contributed by atoms with van der Waals surface area (Å²) in [7, 11) is 0. The summed E-state index contributed by atoms with van der Waals surface area (Å²) in [6, 6.07) is 0. The Morgan fingerprint density at radius 2 is 0.706 bits per heavy atom. The normalized spacial score (nSPS) is 27.6. The van der Waals surface area contributed by atoms with Gasteiger partial charge in [-0.05, 0) is 51.4 Å². The summed E-state index contributed by atoms with van der Waals surface area (Å²) in [5, 5.41) is 0. The standard InChI is InChI=1S/C44H78O7/c1-3-27-37-39(49-37)29-23-19-15-11-7-5-9-13-17-21-25-31-47-43(45)35-33-41-42(51-41)34-36(35)44(46)48-32-26-22-18-14-10-6-8-12-16-20-24-30-40-38(50-40)28-4-2/h35-42H,3-34H2,1-2H3. The van der Waals surface area contributed by atoms with Crippen LogP contribution in [0.2, 0.25) is 0 Å². The van der Waals surface area contributed by atoms with Gasteiger partial charge >= 0.3 is 11.9 Å². The molecule has 0 aromatic heterocycles. The molecule has 296 valence electrons. The van der Waals surface area contributed by atoms with Crippen molar-refractivity contribution in [1.29, 1.82) is 0 Å². The summed E-state index contributed by atoms with van der Waals surface area (Å²) in [5.41, 5.74) is 0. The molecule has 4 fully saturated rings. The Morgan fingerprint density at radius 3 is 1.04 bits per heavy atom. The van der Waals surface area contributed by atoms with Gasteiger partial charge in [0.25, 0.3) is 0 Å². The Bertz CT molecular complexity index is 853. The highest BCUT2D eigenvalue weighted by Crippen LogP contribution is 2.44. The van der Waals surface area contributed by atoms with Crippen molar-refractivity contribution < 1.29 is 33.3 Å². The van der Waals surface area contributed by atoms with Gasteiger partial charge < -0.3 is 23.7 Å². The summed E-state index contributed by atoms with van der Waals surface area (Å²) in [5.74, 6) is -1.31. The molecule has 1 aliphatic carbocycles. The maximum Gasteiger partial charge on any atom is 0.309 e. The molecule has 8 atom stereocenters. The van der Waals surface area contributed by atoms with Crippen molar-refractivity contribution in [3.05, 3.63) is 0 Å². The number of fused-ring (bicyclic) bond motifs is 1. The third kappa shape index (κ3) is 18.1. The third-order valence-electron chi connectivity index (χ3n) is 12.0. The van der Waals surface area contributed by atoms with E-state index in [4.69, 9.17) is 23.7 Å². The van der Waals surface area contributed by atoms with Crippen LogP contribution in [0.5, 0.6) is 0 Å². The van der Waals surface area contributed by atoms with E-state index in [0.717, 1.165) is 25.7 Å². The van der Waals surface area contributed by atoms with Crippen molar-refractivity contribution >= 4 is 11.9 Å². The highest BCUT2D eigenvalue weighted by Gasteiger charge is 2.53. The lowest BCUT2D eigenvalue weighted by Gasteiger charge is -2.26. The van der Waals surface area contributed by atoms with Crippen molar-refractivity contribution in [2.45, 2.75) is 243 Å². The quantitative estimate of drug-likeness (QED) is 0.0371. The first-order valence-corrected chi connectivity index (χ1v) is 22.4. The molecular formula is C44H78O7. The zero-order valence-corrected chi connectivity index (χ0v) is 33.1. The Balaban J connectivity index is 0.896. The fourth-order valence-corrected chi connectivity index (χ4v) is 8.52. The summed E-state index contributed by atoms with van der Waals surface area (Å²) in [6.07, 6.45) is 38.9. The van der Waals surface area contributed by atoms with Crippen LogP contribution in [0.15, 0.2) is 0 Å². The third-order valence-corrected chi connectivity index (χ3v) is 12.0. The van der Waals surface area contributed by atoms with Gasteiger partial charge in [0.1, 0.15) is 0 Å². The summed E-state index contributed by atoms with van der Waals surface area (Å²) < 4.78 is 28.5. The molecule has 3 saturated heterocycles. The van der Waals surface area contributed by atoms with E-state index in [1.807, 2.05) is 0 Å². The van der Waals surface area contributed by atoms with Crippen LogP contribution in [0, 0.1) is 11.8 Å². The van der Waals surface area contributed by atoms with E-state index in [1.165, 1.54) is 154 Å². The second kappa shape index (κ2) is 25.8. The number of epoxide rings is 3. The first kappa shape index (κ1) is 42.6. The van der Waals surface area contributed by atoms with Gasteiger partial charge in [-0.1, -0.05) is 155 Å². The van der Waals surface area contributed by atoms with Gasteiger partial charge in [0.2, 0.25) is 0 Å². The number of carbonyl (C=O) groups is 2. The van der Waals surface area contributed by atoms with Crippen LogP contribution < -0.4 is 0 Å². The second-order valence-corrected chi connectivity index (χ2v) is 16.6. The Hall–Kier alpha value is -1.18. The first-order valence-electron chi connectivity index (χ1n) is 22.4. The zero-order chi connectivity index (χ0) is 35.9. The molecule has 4 rings (SSSR count). The molecular weight excluding hydrogens is 640 g/mol. The average molecular weight is 719 g/mol. The maximum atomic E-state index is 13.0. The number of hydrogen-bond acceptors (Lipinski definition) is 7.